The van der Waals surface area contributed by atoms with Crippen molar-refractivity contribution in [2.75, 3.05) is 7.11 Å². The van der Waals surface area contributed by atoms with Crippen LogP contribution in [0, 0.1) is 0 Å². The third-order valence-corrected chi connectivity index (χ3v) is 1.93. The lowest BCUT2D eigenvalue weighted by Gasteiger charge is -2.11. The molecule has 0 aliphatic heterocycles. The lowest BCUT2D eigenvalue weighted by atomic mass is 10.1. The summed E-state index contributed by atoms with van der Waals surface area (Å²) in [5.41, 5.74) is -0.805. The summed E-state index contributed by atoms with van der Waals surface area (Å²) in [6.45, 7) is 0. The first kappa shape index (κ1) is 11.6. The molecule has 0 aromatic heterocycles. The average Bonchev–Trinajstić information content (AvgIpc) is 2.38. The van der Waals surface area contributed by atoms with Gasteiger partial charge in [0.1, 0.15) is 6.29 Å². The quantitative estimate of drug-likeness (QED) is 0.666. The van der Waals surface area contributed by atoms with Crippen molar-refractivity contribution in [3.8, 4) is 0 Å². The molecule has 0 amide bonds. The molecule has 2 nitrogen and oxygen atoms in total. The Morgan fingerprint density at radius 3 is 2.53 bits per heavy atom. The van der Waals surface area contributed by atoms with Crippen molar-refractivity contribution in [3.05, 3.63) is 35.1 Å². The van der Waals surface area contributed by atoms with Gasteiger partial charge in [-0.1, -0.05) is 0 Å². The first-order chi connectivity index (χ1) is 6.97. The van der Waals surface area contributed by atoms with Crippen LogP contribution in [0.1, 0.15) is 6.42 Å². The number of hydrogen-bond acceptors (Lipinski definition) is 2. The molecule has 0 aromatic carbocycles. The highest BCUT2D eigenvalue weighted by Crippen LogP contribution is 2.32. The van der Waals surface area contributed by atoms with Gasteiger partial charge in [0.05, 0.1) is 12.9 Å². The molecule has 0 radical (unpaired) electrons. The second-order valence-electron chi connectivity index (χ2n) is 2.97. The predicted molar refractivity (Wildman–Crippen MR) is 48.0 cm³/mol. The molecule has 1 aliphatic rings. The van der Waals surface area contributed by atoms with E-state index >= 15 is 0 Å². The van der Waals surface area contributed by atoms with E-state index in [1.165, 1.54) is 19.3 Å². The van der Waals surface area contributed by atoms with Gasteiger partial charge < -0.3 is 4.74 Å². The smallest absolute Gasteiger partial charge is 0.413 e. The van der Waals surface area contributed by atoms with Gasteiger partial charge in [0.15, 0.2) is 0 Å². The highest BCUT2D eigenvalue weighted by molar-refractivity contribution is 5.78. The van der Waals surface area contributed by atoms with E-state index in [1.807, 2.05) is 0 Å². The van der Waals surface area contributed by atoms with Crippen molar-refractivity contribution in [2.24, 2.45) is 0 Å². The third-order valence-electron chi connectivity index (χ3n) is 1.93. The molecule has 0 unspecified atom stereocenters. The molecule has 1 aliphatic carbocycles. The largest absolute Gasteiger partial charge is 0.501 e. The molecular weight excluding hydrogens is 209 g/mol. The van der Waals surface area contributed by atoms with Crippen LogP contribution in [-0.2, 0) is 9.53 Å². The summed E-state index contributed by atoms with van der Waals surface area (Å²) < 4.78 is 42.1. The number of methoxy groups -OCH3 is 1. The van der Waals surface area contributed by atoms with Crippen molar-refractivity contribution in [2.45, 2.75) is 12.6 Å². The molecule has 5 heteroatoms. The average molecular weight is 218 g/mol. The first-order valence-electron chi connectivity index (χ1n) is 4.15. The van der Waals surface area contributed by atoms with Gasteiger partial charge in [-0.05, 0) is 18.2 Å². The van der Waals surface area contributed by atoms with E-state index in [4.69, 9.17) is 4.74 Å². The molecule has 15 heavy (non-hydrogen) atoms. The normalized spacial score (nSPS) is 17.2. The van der Waals surface area contributed by atoms with Crippen LogP contribution in [0.25, 0.3) is 0 Å². The Kier molecular flexibility index (Phi) is 3.34. The van der Waals surface area contributed by atoms with Crippen molar-refractivity contribution in [1.29, 1.82) is 0 Å². The summed E-state index contributed by atoms with van der Waals surface area (Å²) in [6, 6.07) is 0. The molecule has 0 fully saturated rings. The van der Waals surface area contributed by atoms with Crippen LogP contribution < -0.4 is 0 Å². The van der Waals surface area contributed by atoms with Crippen molar-refractivity contribution in [1.82, 2.24) is 0 Å². The van der Waals surface area contributed by atoms with E-state index in [0.29, 0.717) is 6.29 Å². The van der Waals surface area contributed by atoms with Crippen LogP contribution in [0.4, 0.5) is 13.2 Å². The Balaban J connectivity index is 3.09. The van der Waals surface area contributed by atoms with E-state index in [0.717, 1.165) is 6.08 Å². The van der Waals surface area contributed by atoms with Gasteiger partial charge in [-0.3, -0.25) is 4.79 Å². The lowest BCUT2D eigenvalue weighted by Crippen LogP contribution is -2.13. The second kappa shape index (κ2) is 4.33. The first-order valence-corrected chi connectivity index (χ1v) is 4.15. The highest BCUT2D eigenvalue weighted by atomic mass is 19.4. The molecule has 0 atom stereocenters. The zero-order chi connectivity index (χ0) is 11.5. The van der Waals surface area contributed by atoms with Crippen LogP contribution in [0.3, 0.4) is 0 Å². The minimum atomic E-state index is -4.44. The molecule has 0 aromatic rings. The Hall–Kier alpha value is -1.52. The van der Waals surface area contributed by atoms with E-state index in [1.54, 1.807) is 0 Å². The number of carbonyl (C=O) groups is 1. The molecule has 0 heterocycles. The summed E-state index contributed by atoms with van der Waals surface area (Å²) >= 11 is 0. The Morgan fingerprint density at radius 2 is 2.07 bits per heavy atom. The molecule has 0 saturated heterocycles. The monoisotopic (exact) mass is 218 g/mol. The van der Waals surface area contributed by atoms with Crippen LogP contribution in [-0.4, -0.2) is 19.6 Å². The van der Waals surface area contributed by atoms with Gasteiger partial charge in [0.25, 0.3) is 0 Å². The number of alkyl halides is 3. The highest BCUT2D eigenvalue weighted by Gasteiger charge is 2.34. The summed E-state index contributed by atoms with van der Waals surface area (Å²) in [4.78, 5) is 10.4. The van der Waals surface area contributed by atoms with Crippen molar-refractivity contribution in [3.63, 3.8) is 0 Å². The molecule has 0 bridgehead atoms. The fourth-order valence-electron chi connectivity index (χ4n) is 1.13. The van der Waals surface area contributed by atoms with Crippen molar-refractivity contribution >= 4 is 6.29 Å². The van der Waals surface area contributed by atoms with Crippen LogP contribution in [0.2, 0.25) is 0 Å². The van der Waals surface area contributed by atoms with Crippen LogP contribution in [0.5, 0.6) is 0 Å². The van der Waals surface area contributed by atoms with Crippen LogP contribution in [0.15, 0.2) is 35.1 Å². The zero-order valence-electron chi connectivity index (χ0n) is 7.97. The lowest BCUT2D eigenvalue weighted by molar-refractivity contribution is -0.104. The van der Waals surface area contributed by atoms with Gasteiger partial charge in [0, 0.05) is 17.6 Å². The molecule has 82 valence electrons. The summed E-state index contributed by atoms with van der Waals surface area (Å²) in [6.07, 6.45) is -0.933. The van der Waals surface area contributed by atoms with Crippen LogP contribution >= 0.6 is 0 Å². The predicted octanol–water partition coefficient (Wildman–Crippen LogP) is 2.53. The van der Waals surface area contributed by atoms with E-state index < -0.39 is 11.7 Å². The Morgan fingerprint density at radius 1 is 1.40 bits per heavy atom. The maximum atomic E-state index is 12.4. The van der Waals surface area contributed by atoms with Gasteiger partial charge >= 0.3 is 6.18 Å². The number of ether oxygens (including phenoxy) is 1. The van der Waals surface area contributed by atoms with E-state index in [9.17, 15) is 18.0 Å². The van der Waals surface area contributed by atoms with Crippen molar-refractivity contribution < 1.29 is 22.7 Å². The minimum Gasteiger partial charge on any atom is -0.501 e. The fourth-order valence-corrected chi connectivity index (χ4v) is 1.13. The number of aldehydes is 1. The molecule has 0 N–H and O–H groups in total. The second-order valence-corrected chi connectivity index (χ2v) is 2.97. The molecular formula is C10H9F3O2. The number of hydrogen-bond donors (Lipinski definition) is 0. The SMILES string of the molecule is COC1=CC=C(C=O)C=C(C(F)(F)F)C1. The number of rotatable bonds is 2. The molecule has 0 spiro atoms. The summed E-state index contributed by atoms with van der Waals surface area (Å²) in [5, 5.41) is 0. The number of allylic oxidation sites excluding steroid dienone is 5. The molecule has 0 saturated carbocycles. The van der Waals surface area contributed by atoms with Gasteiger partial charge in [-0.2, -0.15) is 13.2 Å². The fraction of sp³-hybridized carbons (Fsp3) is 0.300. The van der Waals surface area contributed by atoms with Gasteiger partial charge in [0.2, 0.25) is 0 Å². The zero-order valence-corrected chi connectivity index (χ0v) is 7.97. The standard InChI is InChI=1S/C10H9F3O2/c1-15-9-3-2-7(6-14)4-8(5-9)10(11,12)13/h2-4,6H,5H2,1H3. The summed E-state index contributed by atoms with van der Waals surface area (Å²) in [7, 11) is 1.29. The Labute approximate surface area is 84.7 Å². The minimum absolute atomic E-state index is 0.0191. The van der Waals surface area contributed by atoms with E-state index in [2.05, 4.69) is 0 Å². The van der Waals surface area contributed by atoms with Gasteiger partial charge in [-0.25, -0.2) is 0 Å². The molecule has 1 rings (SSSR count). The maximum absolute atomic E-state index is 12.4. The van der Waals surface area contributed by atoms with Gasteiger partial charge in [-0.15, -0.1) is 0 Å². The number of carbonyl (C=O) groups excluding carboxylic acids is 1. The number of halogens is 3. The Bertz CT molecular complexity index is 348. The summed E-state index contributed by atoms with van der Waals surface area (Å²) in [5.74, 6) is 0.176. The van der Waals surface area contributed by atoms with E-state index in [-0.39, 0.29) is 17.8 Å². The topological polar surface area (TPSA) is 26.3 Å². The third kappa shape index (κ3) is 2.97. The maximum Gasteiger partial charge on any atom is 0.413 e.